The van der Waals surface area contributed by atoms with Crippen LogP contribution in [0.1, 0.15) is 19.5 Å². The first kappa shape index (κ1) is 17.1. The van der Waals surface area contributed by atoms with Crippen LogP contribution in [0.15, 0.2) is 60.8 Å². The first-order chi connectivity index (χ1) is 13.0. The minimum Gasteiger partial charge on any atom is -0.507 e. The Morgan fingerprint density at radius 1 is 1.00 bits per heavy atom. The van der Waals surface area contributed by atoms with Gasteiger partial charge in [-0.15, -0.1) is 0 Å². The fraction of sp³-hybridized carbons (Fsp3) is 0.182. The molecule has 0 atom stereocenters. The highest BCUT2D eigenvalue weighted by Crippen LogP contribution is 2.38. The Bertz CT molecular complexity index is 1100. The highest BCUT2D eigenvalue weighted by Gasteiger charge is 2.18. The van der Waals surface area contributed by atoms with Gasteiger partial charge < -0.3 is 9.84 Å². The number of fused-ring (bicyclic) bond motifs is 1. The lowest BCUT2D eigenvalue weighted by Crippen LogP contribution is -2.05. The van der Waals surface area contributed by atoms with Crippen LogP contribution in [0.25, 0.3) is 28.0 Å². The molecule has 136 valence electrons. The maximum Gasteiger partial charge on any atom is 0.155 e. The fourth-order valence-electron chi connectivity index (χ4n) is 3.19. The number of hydrogen-bond donors (Lipinski definition) is 1. The minimum absolute atomic E-state index is 0.0385. The van der Waals surface area contributed by atoms with Crippen LogP contribution >= 0.6 is 0 Å². The standard InChI is InChI=1S/C22H21N3O2/c1-14(2)27-17-9-10-18(20(26)12-17)22-19(16-7-5-4-6-8-16)13-23-21-11-15(3)24-25(21)22/h4-14,26H,1-3H3. The van der Waals surface area contributed by atoms with Crippen LogP contribution in [-0.4, -0.2) is 25.8 Å². The van der Waals surface area contributed by atoms with E-state index >= 15 is 0 Å². The molecule has 0 aliphatic rings. The maximum atomic E-state index is 10.8. The molecule has 0 fully saturated rings. The topological polar surface area (TPSA) is 59.7 Å². The van der Waals surface area contributed by atoms with Crippen molar-refractivity contribution in [3.05, 3.63) is 66.5 Å². The summed E-state index contributed by atoms with van der Waals surface area (Å²) in [6.07, 6.45) is 1.87. The number of aromatic hydroxyl groups is 1. The number of nitrogens with zero attached hydrogens (tertiary/aromatic N) is 3. The lowest BCUT2D eigenvalue weighted by molar-refractivity contribution is 0.241. The van der Waals surface area contributed by atoms with Crippen molar-refractivity contribution in [3.63, 3.8) is 0 Å². The smallest absolute Gasteiger partial charge is 0.155 e. The van der Waals surface area contributed by atoms with Gasteiger partial charge in [-0.05, 0) is 38.5 Å². The van der Waals surface area contributed by atoms with Gasteiger partial charge in [0.2, 0.25) is 0 Å². The summed E-state index contributed by atoms with van der Waals surface area (Å²) in [7, 11) is 0. The molecule has 0 aliphatic heterocycles. The summed E-state index contributed by atoms with van der Waals surface area (Å²) in [5, 5.41) is 15.4. The molecule has 0 saturated heterocycles. The van der Waals surface area contributed by atoms with Crippen molar-refractivity contribution < 1.29 is 9.84 Å². The number of aryl methyl sites for hydroxylation is 1. The van der Waals surface area contributed by atoms with Gasteiger partial charge in [-0.3, -0.25) is 0 Å². The van der Waals surface area contributed by atoms with Gasteiger partial charge in [-0.1, -0.05) is 30.3 Å². The molecule has 2 aromatic heterocycles. The molecular weight excluding hydrogens is 338 g/mol. The predicted molar refractivity (Wildman–Crippen MR) is 106 cm³/mol. The third kappa shape index (κ3) is 3.24. The zero-order valence-corrected chi connectivity index (χ0v) is 15.5. The zero-order valence-electron chi connectivity index (χ0n) is 15.5. The quantitative estimate of drug-likeness (QED) is 0.565. The van der Waals surface area contributed by atoms with Crippen molar-refractivity contribution in [2.45, 2.75) is 26.9 Å². The number of phenols is 1. The SMILES string of the molecule is Cc1cc2ncc(-c3ccccc3)c(-c3ccc(OC(C)C)cc3O)n2n1. The molecule has 0 aliphatic carbocycles. The van der Waals surface area contributed by atoms with Gasteiger partial charge in [0.15, 0.2) is 5.65 Å². The lowest BCUT2D eigenvalue weighted by atomic mass is 10.00. The van der Waals surface area contributed by atoms with Gasteiger partial charge in [0, 0.05) is 29.5 Å². The molecule has 0 saturated carbocycles. The van der Waals surface area contributed by atoms with Gasteiger partial charge >= 0.3 is 0 Å². The Balaban J connectivity index is 1.97. The maximum absolute atomic E-state index is 10.8. The van der Waals surface area contributed by atoms with Crippen LogP contribution in [0.4, 0.5) is 0 Å². The fourth-order valence-corrected chi connectivity index (χ4v) is 3.19. The van der Waals surface area contributed by atoms with Crippen molar-refractivity contribution in [1.82, 2.24) is 14.6 Å². The molecule has 4 rings (SSSR count). The summed E-state index contributed by atoms with van der Waals surface area (Å²) < 4.78 is 7.48. The van der Waals surface area contributed by atoms with Crippen LogP contribution in [-0.2, 0) is 0 Å². The monoisotopic (exact) mass is 359 g/mol. The normalized spacial score (nSPS) is 11.3. The van der Waals surface area contributed by atoms with Crippen molar-refractivity contribution >= 4 is 5.65 Å². The summed E-state index contributed by atoms with van der Waals surface area (Å²) in [6.45, 7) is 5.84. The van der Waals surface area contributed by atoms with E-state index in [1.807, 2.05) is 75.5 Å². The summed E-state index contributed by atoms with van der Waals surface area (Å²) in [5.41, 5.74) is 5.00. The van der Waals surface area contributed by atoms with Gasteiger partial charge in [-0.2, -0.15) is 5.10 Å². The van der Waals surface area contributed by atoms with E-state index in [1.165, 1.54) is 0 Å². The van der Waals surface area contributed by atoms with Gasteiger partial charge in [0.25, 0.3) is 0 Å². The Labute approximate surface area is 157 Å². The first-order valence-corrected chi connectivity index (χ1v) is 8.94. The van der Waals surface area contributed by atoms with Crippen LogP contribution < -0.4 is 4.74 Å². The minimum atomic E-state index is 0.0385. The number of phenolic OH excluding ortho intramolecular Hbond substituents is 1. The van der Waals surface area contributed by atoms with Crippen LogP contribution in [0.3, 0.4) is 0 Å². The molecule has 0 bridgehead atoms. The van der Waals surface area contributed by atoms with Crippen LogP contribution in [0.5, 0.6) is 11.5 Å². The Morgan fingerprint density at radius 3 is 2.48 bits per heavy atom. The molecular formula is C22H21N3O2. The predicted octanol–water partition coefficient (Wildman–Crippen LogP) is 4.86. The number of ether oxygens (including phenoxy) is 1. The summed E-state index contributed by atoms with van der Waals surface area (Å²) in [6, 6.07) is 17.3. The molecule has 0 unspecified atom stereocenters. The average Bonchev–Trinajstić information content (AvgIpc) is 3.02. The molecule has 2 aromatic carbocycles. The van der Waals surface area contributed by atoms with Crippen molar-refractivity contribution in [2.24, 2.45) is 0 Å². The highest BCUT2D eigenvalue weighted by atomic mass is 16.5. The molecule has 2 heterocycles. The summed E-state index contributed by atoms with van der Waals surface area (Å²) in [4.78, 5) is 4.55. The van der Waals surface area contributed by atoms with E-state index in [2.05, 4.69) is 10.1 Å². The van der Waals surface area contributed by atoms with Gasteiger partial charge in [0.05, 0.1) is 17.5 Å². The molecule has 0 spiro atoms. The van der Waals surface area contributed by atoms with Crippen molar-refractivity contribution in [3.8, 4) is 33.9 Å². The lowest BCUT2D eigenvalue weighted by Gasteiger charge is -2.15. The van der Waals surface area contributed by atoms with E-state index < -0.39 is 0 Å². The van der Waals surface area contributed by atoms with Crippen molar-refractivity contribution in [1.29, 1.82) is 0 Å². The largest absolute Gasteiger partial charge is 0.507 e. The van der Waals surface area contributed by atoms with E-state index in [0.29, 0.717) is 11.3 Å². The molecule has 5 heteroatoms. The third-order valence-electron chi connectivity index (χ3n) is 4.29. The van der Waals surface area contributed by atoms with Crippen LogP contribution in [0.2, 0.25) is 0 Å². The average molecular weight is 359 g/mol. The van der Waals surface area contributed by atoms with E-state index in [-0.39, 0.29) is 11.9 Å². The Hall–Kier alpha value is -3.34. The number of benzene rings is 2. The summed E-state index contributed by atoms with van der Waals surface area (Å²) in [5.74, 6) is 0.778. The Morgan fingerprint density at radius 2 is 1.78 bits per heavy atom. The molecule has 4 aromatic rings. The first-order valence-electron chi connectivity index (χ1n) is 8.94. The van der Waals surface area contributed by atoms with Gasteiger partial charge in [-0.25, -0.2) is 9.50 Å². The third-order valence-corrected chi connectivity index (χ3v) is 4.29. The summed E-state index contributed by atoms with van der Waals surface area (Å²) >= 11 is 0. The van der Waals surface area contributed by atoms with E-state index in [9.17, 15) is 5.11 Å². The van der Waals surface area contributed by atoms with E-state index in [0.717, 1.165) is 28.2 Å². The number of aromatic nitrogens is 3. The molecule has 1 N–H and O–H groups in total. The second-order valence-electron chi connectivity index (χ2n) is 6.79. The molecule has 27 heavy (non-hydrogen) atoms. The molecule has 5 nitrogen and oxygen atoms in total. The zero-order chi connectivity index (χ0) is 19.0. The van der Waals surface area contributed by atoms with Gasteiger partial charge in [0.1, 0.15) is 11.5 Å². The number of hydrogen-bond acceptors (Lipinski definition) is 4. The second kappa shape index (κ2) is 6.76. The van der Waals surface area contributed by atoms with Crippen LogP contribution in [0, 0.1) is 6.92 Å². The number of rotatable bonds is 4. The van der Waals surface area contributed by atoms with E-state index in [1.54, 1.807) is 10.6 Å². The molecule has 0 amide bonds. The van der Waals surface area contributed by atoms with Crippen molar-refractivity contribution in [2.75, 3.05) is 0 Å². The van der Waals surface area contributed by atoms with E-state index in [4.69, 9.17) is 4.74 Å². The second-order valence-corrected chi connectivity index (χ2v) is 6.79. The molecule has 0 radical (unpaired) electrons. The highest BCUT2D eigenvalue weighted by molar-refractivity contribution is 5.84. The Kier molecular flexibility index (Phi) is 4.28.